The lowest BCUT2D eigenvalue weighted by atomic mass is 10.1. The Kier molecular flexibility index (Phi) is 3.10. The van der Waals surface area contributed by atoms with E-state index in [9.17, 15) is 4.79 Å². The molecule has 1 heterocycles. The van der Waals surface area contributed by atoms with E-state index in [0.29, 0.717) is 23.2 Å². The Hall–Kier alpha value is -2.79. The molecule has 0 saturated carbocycles. The van der Waals surface area contributed by atoms with Gasteiger partial charge in [-0.15, -0.1) is 12.3 Å². The van der Waals surface area contributed by atoms with Crippen molar-refractivity contribution >= 4 is 11.0 Å². The normalized spacial score (nSPS) is 10.3. The van der Waals surface area contributed by atoms with E-state index in [1.54, 1.807) is 6.07 Å². The first-order valence-corrected chi connectivity index (χ1v) is 6.33. The van der Waals surface area contributed by atoms with Crippen molar-refractivity contribution in [3.05, 3.63) is 70.4 Å². The van der Waals surface area contributed by atoms with Gasteiger partial charge in [0.1, 0.15) is 11.3 Å². The molecule has 1 aromatic heterocycles. The number of fused-ring (bicyclic) bond motifs is 1. The minimum absolute atomic E-state index is 0.0441. The molecule has 0 fully saturated rings. The third-order valence-electron chi connectivity index (χ3n) is 3.16. The quantitative estimate of drug-likeness (QED) is 0.658. The first-order valence-electron chi connectivity index (χ1n) is 6.33. The Bertz CT molecular complexity index is 852. The molecular formula is C18H12O2. The van der Waals surface area contributed by atoms with Crippen LogP contribution in [0.15, 0.2) is 63.8 Å². The molecule has 0 bridgehead atoms. The van der Waals surface area contributed by atoms with Crippen molar-refractivity contribution < 1.29 is 4.42 Å². The molecule has 0 aliphatic rings. The second-order valence-electron chi connectivity index (χ2n) is 4.55. The van der Waals surface area contributed by atoms with Crippen molar-refractivity contribution in [3.63, 3.8) is 0 Å². The van der Waals surface area contributed by atoms with Gasteiger partial charge in [-0.3, -0.25) is 4.79 Å². The Morgan fingerprint density at radius 1 is 1.05 bits per heavy atom. The van der Waals surface area contributed by atoms with Gasteiger partial charge in [0.05, 0.1) is 5.39 Å². The third-order valence-corrected chi connectivity index (χ3v) is 3.16. The van der Waals surface area contributed by atoms with E-state index in [0.717, 1.165) is 11.1 Å². The molecule has 3 aromatic rings. The minimum Gasteiger partial charge on any atom is -0.456 e. The first kappa shape index (κ1) is 12.3. The summed E-state index contributed by atoms with van der Waals surface area (Å²) >= 11 is 0. The molecule has 0 spiro atoms. The van der Waals surface area contributed by atoms with Gasteiger partial charge >= 0.3 is 0 Å². The Morgan fingerprint density at radius 2 is 1.85 bits per heavy atom. The van der Waals surface area contributed by atoms with Crippen LogP contribution in [-0.4, -0.2) is 0 Å². The van der Waals surface area contributed by atoms with Gasteiger partial charge in [-0.2, -0.15) is 0 Å². The van der Waals surface area contributed by atoms with E-state index in [-0.39, 0.29) is 5.43 Å². The van der Waals surface area contributed by atoms with Gasteiger partial charge in [-0.25, -0.2) is 0 Å². The molecule has 20 heavy (non-hydrogen) atoms. The van der Waals surface area contributed by atoms with Crippen molar-refractivity contribution in [2.24, 2.45) is 0 Å². The van der Waals surface area contributed by atoms with Gasteiger partial charge < -0.3 is 4.42 Å². The molecule has 0 atom stereocenters. The second-order valence-corrected chi connectivity index (χ2v) is 4.55. The molecule has 2 nitrogen and oxygen atoms in total. The van der Waals surface area contributed by atoms with Gasteiger partial charge in [-0.1, -0.05) is 36.4 Å². The summed E-state index contributed by atoms with van der Waals surface area (Å²) < 4.78 is 5.85. The zero-order valence-electron chi connectivity index (χ0n) is 10.8. The molecule has 0 unspecified atom stereocenters. The average molecular weight is 260 g/mol. The summed E-state index contributed by atoms with van der Waals surface area (Å²) in [6.45, 7) is 0. The second kappa shape index (κ2) is 5.07. The van der Waals surface area contributed by atoms with Crippen LogP contribution in [0.2, 0.25) is 0 Å². The van der Waals surface area contributed by atoms with E-state index in [2.05, 4.69) is 5.92 Å². The van der Waals surface area contributed by atoms with Crippen LogP contribution in [0, 0.1) is 12.3 Å². The van der Waals surface area contributed by atoms with Crippen LogP contribution in [0.1, 0.15) is 5.56 Å². The highest BCUT2D eigenvalue weighted by Gasteiger charge is 2.07. The zero-order chi connectivity index (χ0) is 13.9. The Balaban J connectivity index is 2.22. The van der Waals surface area contributed by atoms with Crippen LogP contribution < -0.4 is 5.43 Å². The monoisotopic (exact) mass is 260 g/mol. The van der Waals surface area contributed by atoms with Crippen molar-refractivity contribution in [2.45, 2.75) is 6.42 Å². The molecule has 96 valence electrons. The highest BCUT2D eigenvalue weighted by molar-refractivity contribution is 5.79. The Morgan fingerprint density at radius 3 is 2.60 bits per heavy atom. The van der Waals surface area contributed by atoms with Crippen molar-refractivity contribution in [3.8, 4) is 23.7 Å². The number of benzene rings is 2. The van der Waals surface area contributed by atoms with Gasteiger partial charge in [0.25, 0.3) is 0 Å². The zero-order valence-corrected chi connectivity index (χ0v) is 10.8. The van der Waals surface area contributed by atoms with Crippen LogP contribution in [0.4, 0.5) is 0 Å². The van der Waals surface area contributed by atoms with Crippen LogP contribution in [0.25, 0.3) is 22.3 Å². The van der Waals surface area contributed by atoms with Crippen molar-refractivity contribution in [1.82, 2.24) is 0 Å². The fourth-order valence-corrected chi connectivity index (χ4v) is 2.17. The standard InChI is InChI=1S/C18H12O2/c1-2-6-13-9-10-15-16(19)12-17(20-18(15)11-13)14-7-4-3-5-8-14/h1,3-5,7-12H,6H2. The number of hydrogen-bond acceptors (Lipinski definition) is 2. The molecule has 0 aliphatic carbocycles. The van der Waals surface area contributed by atoms with Gasteiger partial charge in [-0.05, 0) is 17.7 Å². The fraction of sp³-hybridized carbons (Fsp3) is 0.0556. The summed E-state index contributed by atoms with van der Waals surface area (Å²) in [6, 6.07) is 16.6. The van der Waals surface area contributed by atoms with Crippen molar-refractivity contribution in [1.29, 1.82) is 0 Å². The average Bonchev–Trinajstić information content (AvgIpc) is 2.48. The van der Waals surface area contributed by atoms with Crippen LogP contribution in [0.3, 0.4) is 0 Å². The maximum absolute atomic E-state index is 12.1. The SMILES string of the molecule is C#CCc1ccc2c(=O)cc(-c3ccccc3)oc2c1. The van der Waals surface area contributed by atoms with E-state index >= 15 is 0 Å². The van der Waals surface area contributed by atoms with Crippen LogP contribution in [-0.2, 0) is 6.42 Å². The molecule has 0 radical (unpaired) electrons. The summed E-state index contributed by atoms with van der Waals surface area (Å²) in [5.41, 5.74) is 2.38. The largest absolute Gasteiger partial charge is 0.456 e. The topological polar surface area (TPSA) is 30.2 Å². The maximum Gasteiger partial charge on any atom is 0.193 e. The summed E-state index contributed by atoms with van der Waals surface area (Å²) in [5, 5.41) is 0.574. The van der Waals surface area contributed by atoms with Gasteiger partial charge in [0, 0.05) is 18.1 Å². The lowest BCUT2D eigenvalue weighted by molar-refractivity contribution is 0.618. The molecule has 0 saturated heterocycles. The van der Waals surface area contributed by atoms with Gasteiger partial charge in [0.15, 0.2) is 5.43 Å². The van der Waals surface area contributed by atoms with E-state index in [1.165, 1.54) is 6.07 Å². The summed E-state index contributed by atoms with van der Waals surface area (Å²) in [5.74, 6) is 3.16. The first-order chi connectivity index (χ1) is 9.78. The number of rotatable bonds is 2. The lowest BCUT2D eigenvalue weighted by Crippen LogP contribution is -2.00. The summed E-state index contributed by atoms with van der Waals surface area (Å²) in [4.78, 5) is 12.1. The number of hydrogen-bond donors (Lipinski definition) is 0. The summed E-state index contributed by atoms with van der Waals surface area (Å²) in [7, 11) is 0. The molecule has 2 aromatic carbocycles. The molecule has 0 N–H and O–H groups in total. The predicted octanol–water partition coefficient (Wildman–Crippen LogP) is 3.64. The highest BCUT2D eigenvalue weighted by Crippen LogP contribution is 2.22. The minimum atomic E-state index is -0.0441. The molecule has 0 aliphatic heterocycles. The molecule has 3 rings (SSSR count). The molecular weight excluding hydrogens is 248 g/mol. The third kappa shape index (κ3) is 2.22. The van der Waals surface area contributed by atoms with Gasteiger partial charge in [0.2, 0.25) is 0 Å². The smallest absolute Gasteiger partial charge is 0.193 e. The number of terminal acetylenes is 1. The van der Waals surface area contributed by atoms with Crippen molar-refractivity contribution in [2.75, 3.05) is 0 Å². The fourth-order valence-electron chi connectivity index (χ4n) is 2.17. The molecule has 2 heteroatoms. The van der Waals surface area contributed by atoms with Crippen LogP contribution in [0.5, 0.6) is 0 Å². The van der Waals surface area contributed by atoms with E-state index in [1.807, 2.05) is 42.5 Å². The lowest BCUT2D eigenvalue weighted by Gasteiger charge is -2.04. The van der Waals surface area contributed by atoms with E-state index in [4.69, 9.17) is 10.8 Å². The predicted molar refractivity (Wildman–Crippen MR) is 80.5 cm³/mol. The molecule has 0 amide bonds. The summed E-state index contributed by atoms with van der Waals surface area (Å²) in [6.07, 6.45) is 5.84. The van der Waals surface area contributed by atoms with E-state index < -0.39 is 0 Å². The Labute approximate surface area is 116 Å². The maximum atomic E-state index is 12.1. The van der Waals surface area contributed by atoms with Crippen LogP contribution >= 0.6 is 0 Å². The highest BCUT2D eigenvalue weighted by atomic mass is 16.3.